The van der Waals surface area contributed by atoms with Gasteiger partial charge in [0.05, 0.1) is 18.1 Å². The Bertz CT molecular complexity index is 1170. The maximum atomic E-state index is 13.2. The van der Waals surface area contributed by atoms with Crippen molar-refractivity contribution < 1.29 is 18.7 Å². The van der Waals surface area contributed by atoms with Crippen LogP contribution in [0.1, 0.15) is 16.7 Å². The Morgan fingerprint density at radius 1 is 1.00 bits per heavy atom. The van der Waals surface area contributed by atoms with Crippen molar-refractivity contribution in [3.05, 3.63) is 105 Å². The Morgan fingerprint density at radius 3 is 2.47 bits per heavy atom. The molecule has 1 fully saturated rings. The monoisotopic (exact) mass is 467 g/mol. The summed E-state index contributed by atoms with van der Waals surface area (Å²) in [7, 11) is 0. The predicted octanol–water partition coefficient (Wildman–Crippen LogP) is 6.34. The first-order valence-corrected chi connectivity index (χ1v) is 11.1. The molecule has 0 bridgehead atoms. The largest absolute Gasteiger partial charge is 0.493 e. The zero-order valence-electron chi connectivity index (χ0n) is 17.0. The Hall–Kier alpha value is -3.09. The van der Waals surface area contributed by atoms with E-state index in [0.717, 1.165) is 40.5 Å². The van der Waals surface area contributed by atoms with Crippen LogP contribution in [0.25, 0.3) is 6.08 Å². The van der Waals surface area contributed by atoms with E-state index >= 15 is 0 Å². The molecular formula is C25H19ClFNO3S. The van der Waals surface area contributed by atoms with Crippen LogP contribution in [0.2, 0.25) is 5.02 Å². The van der Waals surface area contributed by atoms with E-state index in [1.807, 2.05) is 42.5 Å². The van der Waals surface area contributed by atoms with Crippen LogP contribution in [0.3, 0.4) is 0 Å². The molecule has 1 heterocycles. The molecule has 1 aliphatic heterocycles. The van der Waals surface area contributed by atoms with Crippen molar-refractivity contribution in [2.24, 2.45) is 0 Å². The summed E-state index contributed by atoms with van der Waals surface area (Å²) in [4.78, 5) is 26.5. The van der Waals surface area contributed by atoms with Crippen molar-refractivity contribution in [2.75, 3.05) is 6.61 Å². The zero-order chi connectivity index (χ0) is 22.5. The molecule has 0 aliphatic carbocycles. The molecule has 1 saturated heterocycles. The van der Waals surface area contributed by atoms with Gasteiger partial charge in [-0.05, 0) is 58.8 Å². The number of imide groups is 1. The lowest BCUT2D eigenvalue weighted by Gasteiger charge is -2.13. The maximum Gasteiger partial charge on any atom is 0.293 e. The molecule has 0 radical (unpaired) electrons. The van der Waals surface area contributed by atoms with Gasteiger partial charge in [-0.15, -0.1) is 0 Å². The number of benzene rings is 3. The summed E-state index contributed by atoms with van der Waals surface area (Å²) in [5.74, 6) is -0.138. The Labute approximate surface area is 194 Å². The zero-order valence-corrected chi connectivity index (χ0v) is 18.5. The second kappa shape index (κ2) is 10.0. The van der Waals surface area contributed by atoms with E-state index in [-0.39, 0.29) is 16.8 Å². The number of nitrogens with zero attached hydrogens (tertiary/aromatic N) is 1. The number of hydrogen-bond acceptors (Lipinski definition) is 4. The second-order valence-corrected chi connectivity index (χ2v) is 8.56. The molecule has 4 rings (SSSR count). The number of amides is 2. The molecule has 162 valence electrons. The Balaban J connectivity index is 1.38. The lowest BCUT2D eigenvalue weighted by atomic mass is 10.1. The summed E-state index contributed by atoms with van der Waals surface area (Å²) < 4.78 is 19.0. The lowest BCUT2D eigenvalue weighted by Crippen LogP contribution is -2.27. The summed E-state index contributed by atoms with van der Waals surface area (Å²) in [5, 5.41) is -0.210. The number of ether oxygens (including phenoxy) is 1. The molecule has 0 atom stereocenters. The van der Waals surface area contributed by atoms with E-state index in [2.05, 4.69) is 12.1 Å². The van der Waals surface area contributed by atoms with Gasteiger partial charge >= 0.3 is 0 Å². The number of thioether (sulfide) groups is 1. The van der Waals surface area contributed by atoms with Gasteiger partial charge in [0.2, 0.25) is 0 Å². The van der Waals surface area contributed by atoms with Crippen LogP contribution < -0.4 is 4.74 Å². The SMILES string of the molecule is O=C1S/C(=C/c2ccc(OCCc3ccccc3)cc2)C(=O)N1Cc1ccc(F)cc1Cl. The van der Waals surface area contributed by atoms with Gasteiger partial charge in [-0.2, -0.15) is 0 Å². The van der Waals surface area contributed by atoms with E-state index in [1.165, 1.54) is 17.7 Å². The summed E-state index contributed by atoms with van der Waals surface area (Å²) in [5.41, 5.74) is 2.50. The van der Waals surface area contributed by atoms with Crippen molar-refractivity contribution in [3.8, 4) is 5.75 Å². The highest BCUT2D eigenvalue weighted by Crippen LogP contribution is 2.34. The fraction of sp³-hybridized carbons (Fsp3) is 0.120. The number of rotatable bonds is 7. The van der Waals surface area contributed by atoms with E-state index in [9.17, 15) is 14.0 Å². The van der Waals surface area contributed by atoms with Gasteiger partial charge in [0, 0.05) is 11.4 Å². The van der Waals surface area contributed by atoms with Gasteiger partial charge in [0.1, 0.15) is 11.6 Å². The molecule has 7 heteroatoms. The topological polar surface area (TPSA) is 46.6 Å². The van der Waals surface area contributed by atoms with Gasteiger partial charge in [0.25, 0.3) is 11.1 Å². The molecule has 0 N–H and O–H groups in total. The summed E-state index contributed by atoms with van der Waals surface area (Å²) in [6, 6.07) is 21.3. The molecule has 3 aromatic carbocycles. The number of carbonyl (C=O) groups excluding carboxylic acids is 2. The predicted molar refractivity (Wildman–Crippen MR) is 125 cm³/mol. The van der Waals surface area contributed by atoms with Gasteiger partial charge in [0.15, 0.2) is 0 Å². The van der Waals surface area contributed by atoms with Crippen molar-refractivity contribution in [1.29, 1.82) is 0 Å². The van der Waals surface area contributed by atoms with Crippen LogP contribution in [0.15, 0.2) is 77.7 Å². The van der Waals surface area contributed by atoms with E-state index < -0.39 is 11.7 Å². The van der Waals surface area contributed by atoms with Crippen LogP contribution in [0, 0.1) is 5.82 Å². The normalized spacial score (nSPS) is 14.9. The number of hydrogen-bond donors (Lipinski definition) is 0. The van der Waals surface area contributed by atoms with E-state index in [4.69, 9.17) is 16.3 Å². The van der Waals surface area contributed by atoms with Crippen LogP contribution in [-0.2, 0) is 17.8 Å². The van der Waals surface area contributed by atoms with E-state index in [1.54, 1.807) is 6.08 Å². The average Bonchev–Trinajstić information content (AvgIpc) is 3.05. The van der Waals surface area contributed by atoms with E-state index in [0.29, 0.717) is 17.1 Å². The highest BCUT2D eigenvalue weighted by molar-refractivity contribution is 8.18. The fourth-order valence-corrected chi connectivity index (χ4v) is 4.26. The first-order chi connectivity index (χ1) is 15.5. The molecular weight excluding hydrogens is 449 g/mol. The first-order valence-electron chi connectivity index (χ1n) is 9.96. The van der Waals surface area contributed by atoms with Gasteiger partial charge < -0.3 is 4.74 Å². The third kappa shape index (κ3) is 5.39. The van der Waals surface area contributed by atoms with Crippen LogP contribution in [-0.4, -0.2) is 22.7 Å². The lowest BCUT2D eigenvalue weighted by molar-refractivity contribution is -0.123. The third-order valence-corrected chi connectivity index (χ3v) is 6.16. The molecule has 0 unspecified atom stereocenters. The van der Waals surface area contributed by atoms with Crippen molar-refractivity contribution in [1.82, 2.24) is 4.90 Å². The molecule has 4 nitrogen and oxygen atoms in total. The van der Waals surface area contributed by atoms with Crippen molar-refractivity contribution in [3.63, 3.8) is 0 Å². The molecule has 0 spiro atoms. The van der Waals surface area contributed by atoms with Gasteiger partial charge in [-0.3, -0.25) is 14.5 Å². The molecule has 0 aromatic heterocycles. The molecule has 32 heavy (non-hydrogen) atoms. The van der Waals surface area contributed by atoms with Crippen LogP contribution in [0.5, 0.6) is 5.75 Å². The van der Waals surface area contributed by atoms with Crippen LogP contribution >= 0.6 is 23.4 Å². The quantitative estimate of drug-likeness (QED) is 0.380. The minimum absolute atomic E-state index is 0.00465. The van der Waals surface area contributed by atoms with Crippen molar-refractivity contribution >= 4 is 40.6 Å². The van der Waals surface area contributed by atoms with Crippen LogP contribution in [0.4, 0.5) is 9.18 Å². The molecule has 2 amide bonds. The minimum atomic E-state index is -0.472. The Kier molecular flexibility index (Phi) is 6.93. The minimum Gasteiger partial charge on any atom is -0.493 e. The number of halogens is 2. The standard InChI is InChI=1S/C25H19ClFNO3S/c26-22-15-20(27)9-8-19(22)16-28-24(29)23(32-25(28)30)14-18-6-10-21(11-7-18)31-13-12-17-4-2-1-3-5-17/h1-11,14-15H,12-13,16H2/b23-14+. The summed E-state index contributed by atoms with van der Waals surface area (Å²) >= 11 is 6.90. The molecule has 1 aliphatic rings. The highest BCUT2D eigenvalue weighted by atomic mass is 35.5. The maximum absolute atomic E-state index is 13.2. The fourth-order valence-electron chi connectivity index (χ4n) is 3.20. The molecule has 3 aromatic rings. The first kappa shape index (κ1) is 22.1. The molecule has 0 saturated carbocycles. The highest BCUT2D eigenvalue weighted by Gasteiger charge is 2.35. The summed E-state index contributed by atoms with van der Waals surface area (Å²) in [6.45, 7) is 0.559. The second-order valence-electron chi connectivity index (χ2n) is 7.16. The van der Waals surface area contributed by atoms with Crippen molar-refractivity contribution in [2.45, 2.75) is 13.0 Å². The third-order valence-electron chi connectivity index (χ3n) is 4.90. The van der Waals surface area contributed by atoms with Gasteiger partial charge in [-0.1, -0.05) is 60.1 Å². The van der Waals surface area contributed by atoms with Gasteiger partial charge in [-0.25, -0.2) is 4.39 Å². The Morgan fingerprint density at radius 2 is 1.75 bits per heavy atom. The smallest absolute Gasteiger partial charge is 0.293 e. The average molecular weight is 468 g/mol. The summed E-state index contributed by atoms with van der Waals surface area (Å²) in [6.07, 6.45) is 2.48. The number of carbonyl (C=O) groups is 2.